The van der Waals surface area contributed by atoms with Crippen LogP contribution in [0.25, 0.3) is 21.8 Å². The van der Waals surface area contributed by atoms with Crippen LogP contribution >= 0.6 is 0 Å². The molecule has 4 aromatic rings. The van der Waals surface area contributed by atoms with Gasteiger partial charge in [-0.2, -0.15) is 0 Å². The third-order valence-corrected chi connectivity index (χ3v) is 7.24. The molecule has 5 rings (SSSR count). The third-order valence-electron chi connectivity index (χ3n) is 7.24. The van der Waals surface area contributed by atoms with Gasteiger partial charge in [-0.3, -0.25) is 14.1 Å². The summed E-state index contributed by atoms with van der Waals surface area (Å²) >= 11 is 0. The van der Waals surface area contributed by atoms with Gasteiger partial charge in [0.2, 0.25) is 0 Å². The molecule has 1 aliphatic heterocycles. The number of fused-ring (bicyclic) bond motifs is 2. The number of unbranched alkanes of at least 4 members (excludes halogenated alkanes) is 1. The highest BCUT2D eigenvalue weighted by Gasteiger charge is 2.28. The number of hydrogen-bond acceptors (Lipinski definition) is 4. The Hall–Kier alpha value is -3.79. The SMILES string of the molecule is O=C(O)N1CCC(n2c(=O)n(Cc3ncc4ccccc4c3CCCCO)c3cc(F)c(F)cc32)CC1. The normalized spacial score (nSPS) is 14.6. The van der Waals surface area contributed by atoms with Gasteiger partial charge >= 0.3 is 11.8 Å². The second-order valence-corrected chi connectivity index (χ2v) is 9.45. The van der Waals surface area contributed by atoms with Gasteiger partial charge in [-0.25, -0.2) is 18.4 Å². The minimum Gasteiger partial charge on any atom is -0.465 e. The fourth-order valence-corrected chi connectivity index (χ4v) is 5.34. The van der Waals surface area contributed by atoms with Crippen molar-refractivity contribution in [3.8, 4) is 0 Å². The summed E-state index contributed by atoms with van der Waals surface area (Å²) < 4.78 is 31.6. The largest absolute Gasteiger partial charge is 0.465 e. The fourth-order valence-electron chi connectivity index (χ4n) is 5.34. The number of aryl methyl sites for hydroxylation is 1. The number of imidazole rings is 1. The molecule has 0 bridgehead atoms. The number of nitrogens with zero attached hydrogens (tertiary/aromatic N) is 4. The predicted molar refractivity (Wildman–Crippen MR) is 135 cm³/mol. The maximum Gasteiger partial charge on any atom is 0.407 e. The molecule has 1 saturated heterocycles. The van der Waals surface area contributed by atoms with Crippen molar-refractivity contribution in [1.29, 1.82) is 0 Å². The Kier molecular flexibility index (Phi) is 6.92. The summed E-state index contributed by atoms with van der Waals surface area (Å²) in [6.07, 6.45) is 3.52. The van der Waals surface area contributed by atoms with Gasteiger partial charge in [0.05, 0.1) is 23.3 Å². The molecule has 1 aliphatic rings. The molecule has 10 heteroatoms. The van der Waals surface area contributed by atoms with Crippen LogP contribution in [0.5, 0.6) is 0 Å². The quantitative estimate of drug-likeness (QED) is 0.361. The molecule has 8 nitrogen and oxygen atoms in total. The molecule has 1 amide bonds. The van der Waals surface area contributed by atoms with Crippen LogP contribution in [-0.4, -0.2) is 55.0 Å². The molecule has 0 saturated carbocycles. The number of piperidine rings is 1. The first-order chi connectivity index (χ1) is 17.9. The van der Waals surface area contributed by atoms with Crippen LogP contribution in [0.4, 0.5) is 13.6 Å². The maximum atomic E-state index is 14.4. The number of pyridine rings is 1. The first-order valence-corrected chi connectivity index (χ1v) is 12.4. The lowest BCUT2D eigenvalue weighted by Crippen LogP contribution is -2.40. The van der Waals surface area contributed by atoms with Crippen LogP contribution < -0.4 is 5.69 Å². The van der Waals surface area contributed by atoms with Gasteiger partial charge in [0, 0.05) is 49.5 Å². The van der Waals surface area contributed by atoms with Gasteiger partial charge in [-0.05, 0) is 43.1 Å². The number of likely N-dealkylation sites (tertiary alicyclic amines) is 1. The number of rotatable bonds is 7. The van der Waals surface area contributed by atoms with Crippen molar-refractivity contribution in [3.05, 3.63) is 76.0 Å². The number of carbonyl (C=O) groups is 1. The van der Waals surface area contributed by atoms with Gasteiger partial charge in [0.25, 0.3) is 0 Å². The standard InChI is InChI=1S/C27H28F2N4O4/c28-21-13-24-25(14-22(21)29)33(18-8-10-31(11-9-18)27(36)37)26(35)32(24)16-23-20(7-3-4-12-34)19-6-2-1-5-17(19)15-30-23/h1-2,5-6,13-15,18,34H,3-4,7-12,16H2,(H,36,37). The Balaban J connectivity index is 1.61. The molecule has 2 aromatic carbocycles. The van der Waals surface area contributed by atoms with Crippen molar-refractivity contribution in [2.24, 2.45) is 0 Å². The highest BCUT2D eigenvalue weighted by molar-refractivity contribution is 5.85. The highest BCUT2D eigenvalue weighted by atomic mass is 19.2. The molecule has 0 atom stereocenters. The number of hydrogen-bond donors (Lipinski definition) is 2. The van der Waals surface area contributed by atoms with Gasteiger partial charge in [-0.1, -0.05) is 24.3 Å². The molecule has 2 aromatic heterocycles. The molecule has 0 aliphatic carbocycles. The highest BCUT2D eigenvalue weighted by Crippen LogP contribution is 2.29. The summed E-state index contributed by atoms with van der Waals surface area (Å²) in [7, 11) is 0. The summed E-state index contributed by atoms with van der Waals surface area (Å²) in [4.78, 5) is 31.0. The lowest BCUT2D eigenvalue weighted by Gasteiger charge is -2.30. The van der Waals surface area contributed by atoms with E-state index in [1.165, 1.54) is 14.0 Å². The van der Waals surface area contributed by atoms with Crippen molar-refractivity contribution < 1.29 is 23.8 Å². The number of halogens is 2. The van der Waals surface area contributed by atoms with Gasteiger partial charge in [-0.15, -0.1) is 0 Å². The van der Waals surface area contributed by atoms with E-state index in [-0.39, 0.29) is 43.3 Å². The summed E-state index contributed by atoms with van der Waals surface area (Å²) in [5, 5.41) is 20.5. The summed E-state index contributed by atoms with van der Waals surface area (Å²) in [5.74, 6) is -2.09. The first-order valence-electron chi connectivity index (χ1n) is 12.4. The monoisotopic (exact) mass is 510 g/mol. The Morgan fingerprint density at radius 2 is 1.76 bits per heavy atom. The number of aliphatic hydroxyl groups is 1. The Morgan fingerprint density at radius 3 is 2.46 bits per heavy atom. The minimum absolute atomic E-state index is 0.0701. The van der Waals surface area contributed by atoms with Crippen LogP contribution in [0.3, 0.4) is 0 Å². The van der Waals surface area contributed by atoms with Crippen molar-refractivity contribution in [2.45, 2.75) is 44.7 Å². The molecule has 2 N–H and O–H groups in total. The van der Waals surface area contributed by atoms with Crippen LogP contribution in [0.1, 0.15) is 43.0 Å². The molecule has 37 heavy (non-hydrogen) atoms. The average molecular weight is 511 g/mol. The van der Waals surface area contributed by atoms with Gasteiger partial charge in [0.1, 0.15) is 0 Å². The van der Waals surface area contributed by atoms with E-state index in [4.69, 9.17) is 0 Å². The smallest absolute Gasteiger partial charge is 0.407 e. The third kappa shape index (κ3) is 4.69. The molecular weight excluding hydrogens is 482 g/mol. The van der Waals surface area contributed by atoms with Crippen molar-refractivity contribution in [2.75, 3.05) is 19.7 Å². The topological polar surface area (TPSA) is 101 Å². The molecular formula is C27H28F2N4O4. The van der Waals surface area contributed by atoms with E-state index in [9.17, 15) is 28.6 Å². The van der Waals surface area contributed by atoms with E-state index in [0.29, 0.717) is 31.4 Å². The molecule has 1 fully saturated rings. The zero-order chi connectivity index (χ0) is 26.1. The number of aliphatic hydroxyl groups excluding tert-OH is 1. The molecule has 0 unspecified atom stereocenters. The number of amides is 1. The zero-order valence-corrected chi connectivity index (χ0v) is 20.2. The number of carboxylic acid groups (broad SMARTS) is 1. The van der Waals surface area contributed by atoms with Crippen molar-refractivity contribution in [3.63, 3.8) is 0 Å². The summed E-state index contributed by atoms with van der Waals surface area (Å²) in [6.45, 7) is 0.654. The van der Waals surface area contributed by atoms with E-state index >= 15 is 0 Å². The zero-order valence-electron chi connectivity index (χ0n) is 20.2. The van der Waals surface area contributed by atoms with Gasteiger partial charge in [0.15, 0.2) is 11.6 Å². The fraction of sp³-hybridized carbons (Fsp3) is 0.370. The van der Waals surface area contributed by atoms with Crippen LogP contribution in [0.2, 0.25) is 0 Å². The van der Waals surface area contributed by atoms with Crippen LogP contribution in [-0.2, 0) is 13.0 Å². The van der Waals surface area contributed by atoms with E-state index in [0.717, 1.165) is 34.9 Å². The average Bonchev–Trinajstić information content (AvgIpc) is 3.15. The van der Waals surface area contributed by atoms with E-state index in [1.807, 2.05) is 24.3 Å². The maximum absolute atomic E-state index is 14.4. The lowest BCUT2D eigenvalue weighted by atomic mass is 9.99. The van der Waals surface area contributed by atoms with E-state index in [1.54, 1.807) is 6.20 Å². The van der Waals surface area contributed by atoms with E-state index in [2.05, 4.69) is 4.98 Å². The molecule has 0 spiro atoms. The summed E-state index contributed by atoms with van der Waals surface area (Å²) in [5.41, 5.74) is 1.74. The van der Waals surface area contributed by atoms with Crippen LogP contribution in [0, 0.1) is 11.6 Å². The molecule has 194 valence electrons. The number of benzene rings is 2. The van der Waals surface area contributed by atoms with Gasteiger partial charge < -0.3 is 15.1 Å². The Morgan fingerprint density at radius 1 is 1.05 bits per heavy atom. The van der Waals surface area contributed by atoms with Crippen molar-refractivity contribution in [1.82, 2.24) is 19.0 Å². The molecule has 3 heterocycles. The Labute approximate surface area is 211 Å². The number of aromatic nitrogens is 3. The summed E-state index contributed by atoms with van der Waals surface area (Å²) in [6, 6.07) is 9.55. The predicted octanol–water partition coefficient (Wildman–Crippen LogP) is 4.31. The second kappa shape index (κ2) is 10.3. The lowest BCUT2D eigenvalue weighted by molar-refractivity contribution is 0.125. The van der Waals surface area contributed by atoms with E-state index < -0.39 is 23.4 Å². The van der Waals surface area contributed by atoms with Crippen molar-refractivity contribution >= 4 is 27.9 Å². The Bertz CT molecular complexity index is 1520. The minimum atomic E-state index is -1.05. The first kappa shape index (κ1) is 24.9. The second-order valence-electron chi connectivity index (χ2n) is 9.45. The molecule has 0 radical (unpaired) electrons. The van der Waals surface area contributed by atoms with Crippen LogP contribution in [0.15, 0.2) is 47.4 Å².